The van der Waals surface area contributed by atoms with Crippen molar-refractivity contribution >= 4 is 5.95 Å². The Hall–Kier alpha value is -2.93. The molecule has 0 amide bonds. The molecule has 1 N–H and O–H groups in total. The number of anilines is 1. The van der Waals surface area contributed by atoms with Gasteiger partial charge in [0.25, 0.3) is 0 Å². The summed E-state index contributed by atoms with van der Waals surface area (Å²) in [6, 6.07) is 10.4. The highest BCUT2D eigenvalue weighted by Gasteiger charge is 2.20. The average molecular weight is 378 g/mol. The number of aromatic nitrogens is 4. The van der Waals surface area contributed by atoms with E-state index in [9.17, 15) is 0 Å². The van der Waals surface area contributed by atoms with E-state index in [1.165, 1.54) is 19.4 Å². The third-order valence-electron chi connectivity index (χ3n) is 5.30. The standard InChI is InChI=1S/C21H26N6O/c1-26-13-3-4-17(26)9-11-22-21-23-12-10-20(25-21)16-14-24-27(15-16)18-5-7-19(28-2)8-6-18/h5-8,10,12,14-15,17H,3-4,9,11,13H2,1-2H3,(H,22,23,25). The SMILES string of the molecule is COc1ccc(-n2cc(-c3ccnc(NCCC4CCCN4C)n3)cn2)cc1. The molecule has 3 aromatic rings. The lowest BCUT2D eigenvalue weighted by atomic mass is 10.1. The lowest BCUT2D eigenvalue weighted by Gasteiger charge is -2.19. The molecule has 1 aliphatic rings. The minimum Gasteiger partial charge on any atom is -0.497 e. The van der Waals surface area contributed by atoms with Crippen LogP contribution in [-0.4, -0.2) is 57.9 Å². The summed E-state index contributed by atoms with van der Waals surface area (Å²) < 4.78 is 7.04. The predicted octanol–water partition coefficient (Wildman–Crippen LogP) is 3.23. The summed E-state index contributed by atoms with van der Waals surface area (Å²) in [5.41, 5.74) is 2.78. The second kappa shape index (κ2) is 8.39. The molecular formula is C21H26N6O. The van der Waals surface area contributed by atoms with E-state index < -0.39 is 0 Å². The van der Waals surface area contributed by atoms with Crippen LogP contribution in [0.2, 0.25) is 0 Å². The minimum absolute atomic E-state index is 0.662. The summed E-state index contributed by atoms with van der Waals surface area (Å²) in [6.45, 7) is 2.08. The second-order valence-electron chi connectivity index (χ2n) is 7.13. The van der Waals surface area contributed by atoms with Crippen LogP contribution < -0.4 is 10.1 Å². The van der Waals surface area contributed by atoms with Crippen LogP contribution in [-0.2, 0) is 0 Å². The molecular weight excluding hydrogens is 352 g/mol. The van der Waals surface area contributed by atoms with Crippen molar-refractivity contribution in [2.75, 3.05) is 32.6 Å². The summed E-state index contributed by atoms with van der Waals surface area (Å²) in [7, 11) is 3.86. The summed E-state index contributed by atoms with van der Waals surface area (Å²) in [4.78, 5) is 11.4. The van der Waals surface area contributed by atoms with Gasteiger partial charge in [0.2, 0.25) is 5.95 Å². The fourth-order valence-electron chi connectivity index (χ4n) is 3.63. The molecule has 1 saturated heterocycles. The molecule has 2 aromatic heterocycles. The fourth-order valence-corrected chi connectivity index (χ4v) is 3.63. The van der Waals surface area contributed by atoms with E-state index in [0.717, 1.165) is 35.7 Å². The van der Waals surface area contributed by atoms with Crippen LogP contribution in [0.5, 0.6) is 5.75 Å². The maximum atomic E-state index is 5.21. The van der Waals surface area contributed by atoms with Gasteiger partial charge in [-0.15, -0.1) is 0 Å². The number of hydrogen-bond donors (Lipinski definition) is 1. The normalized spacial score (nSPS) is 17.0. The fraction of sp³-hybridized carbons (Fsp3) is 0.381. The Kier molecular flexibility index (Phi) is 5.53. The Morgan fingerprint density at radius 1 is 1.21 bits per heavy atom. The van der Waals surface area contributed by atoms with Gasteiger partial charge in [0.15, 0.2) is 0 Å². The molecule has 7 heteroatoms. The first-order valence-corrected chi connectivity index (χ1v) is 9.69. The van der Waals surface area contributed by atoms with E-state index in [-0.39, 0.29) is 0 Å². The molecule has 146 valence electrons. The number of hydrogen-bond acceptors (Lipinski definition) is 6. The van der Waals surface area contributed by atoms with Gasteiger partial charge >= 0.3 is 0 Å². The van der Waals surface area contributed by atoms with Crippen molar-refractivity contribution in [1.82, 2.24) is 24.6 Å². The van der Waals surface area contributed by atoms with Crippen LogP contribution in [0, 0.1) is 0 Å². The molecule has 0 radical (unpaired) electrons. The maximum absolute atomic E-state index is 5.21. The van der Waals surface area contributed by atoms with Gasteiger partial charge < -0.3 is 15.0 Å². The number of rotatable bonds is 7. The molecule has 0 spiro atoms. The van der Waals surface area contributed by atoms with Gasteiger partial charge in [0, 0.05) is 30.5 Å². The lowest BCUT2D eigenvalue weighted by molar-refractivity contribution is 0.301. The number of likely N-dealkylation sites (tertiary alicyclic amines) is 1. The Labute approximate surface area is 165 Å². The Balaban J connectivity index is 1.41. The number of nitrogens with zero attached hydrogens (tertiary/aromatic N) is 5. The molecule has 0 aliphatic carbocycles. The smallest absolute Gasteiger partial charge is 0.223 e. The zero-order chi connectivity index (χ0) is 19.3. The molecule has 4 rings (SSSR count). The maximum Gasteiger partial charge on any atom is 0.223 e. The third kappa shape index (κ3) is 4.14. The van der Waals surface area contributed by atoms with Crippen LogP contribution in [0.1, 0.15) is 19.3 Å². The molecule has 1 aromatic carbocycles. The zero-order valence-electron chi connectivity index (χ0n) is 16.4. The summed E-state index contributed by atoms with van der Waals surface area (Å²) in [6.07, 6.45) is 9.27. The van der Waals surface area contributed by atoms with Crippen molar-refractivity contribution in [2.24, 2.45) is 0 Å². The molecule has 28 heavy (non-hydrogen) atoms. The second-order valence-corrected chi connectivity index (χ2v) is 7.13. The van der Waals surface area contributed by atoms with Gasteiger partial charge in [0.1, 0.15) is 5.75 Å². The largest absolute Gasteiger partial charge is 0.497 e. The van der Waals surface area contributed by atoms with E-state index >= 15 is 0 Å². The van der Waals surface area contributed by atoms with Crippen molar-refractivity contribution in [3.05, 3.63) is 48.9 Å². The summed E-state index contributed by atoms with van der Waals surface area (Å²) >= 11 is 0. The molecule has 3 heterocycles. The Morgan fingerprint density at radius 3 is 2.82 bits per heavy atom. The Bertz CT molecular complexity index is 907. The predicted molar refractivity (Wildman–Crippen MR) is 110 cm³/mol. The van der Waals surface area contributed by atoms with Crippen LogP contribution in [0.15, 0.2) is 48.9 Å². The molecule has 1 unspecified atom stereocenters. The lowest BCUT2D eigenvalue weighted by Crippen LogP contribution is -2.27. The van der Waals surface area contributed by atoms with Crippen LogP contribution in [0.3, 0.4) is 0 Å². The molecule has 1 fully saturated rings. The van der Waals surface area contributed by atoms with Gasteiger partial charge in [-0.3, -0.25) is 0 Å². The van der Waals surface area contributed by atoms with E-state index in [0.29, 0.717) is 12.0 Å². The number of methoxy groups -OCH3 is 1. The van der Waals surface area contributed by atoms with Crippen molar-refractivity contribution in [2.45, 2.75) is 25.3 Å². The average Bonchev–Trinajstić information content (AvgIpc) is 3.38. The van der Waals surface area contributed by atoms with Crippen LogP contribution in [0.4, 0.5) is 5.95 Å². The number of nitrogens with one attached hydrogen (secondary N) is 1. The molecule has 0 saturated carbocycles. The van der Waals surface area contributed by atoms with Crippen molar-refractivity contribution in [3.63, 3.8) is 0 Å². The molecule has 0 bridgehead atoms. The molecule has 7 nitrogen and oxygen atoms in total. The van der Waals surface area contributed by atoms with E-state index in [4.69, 9.17) is 4.74 Å². The van der Waals surface area contributed by atoms with Crippen molar-refractivity contribution in [1.29, 1.82) is 0 Å². The Morgan fingerprint density at radius 2 is 2.07 bits per heavy atom. The monoisotopic (exact) mass is 378 g/mol. The highest BCUT2D eigenvalue weighted by molar-refractivity contribution is 5.58. The summed E-state index contributed by atoms with van der Waals surface area (Å²) in [5, 5.41) is 7.82. The number of benzene rings is 1. The number of ether oxygens (including phenoxy) is 1. The van der Waals surface area contributed by atoms with Crippen LogP contribution in [0.25, 0.3) is 16.9 Å². The topological polar surface area (TPSA) is 68.1 Å². The van der Waals surface area contributed by atoms with Gasteiger partial charge in [0.05, 0.1) is 24.7 Å². The van der Waals surface area contributed by atoms with Gasteiger partial charge in [-0.1, -0.05) is 0 Å². The quantitative estimate of drug-likeness (QED) is 0.681. The first kappa shape index (κ1) is 18.4. The highest BCUT2D eigenvalue weighted by Crippen LogP contribution is 2.21. The van der Waals surface area contributed by atoms with Gasteiger partial charge in [-0.2, -0.15) is 5.10 Å². The first-order chi connectivity index (χ1) is 13.7. The van der Waals surface area contributed by atoms with Crippen molar-refractivity contribution < 1.29 is 4.74 Å². The zero-order valence-corrected chi connectivity index (χ0v) is 16.4. The molecule has 1 atom stereocenters. The van der Waals surface area contributed by atoms with E-state index in [1.54, 1.807) is 13.3 Å². The minimum atomic E-state index is 0.662. The highest BCUT2D eigenvalue weighted by atomic mass is 16.5. The van der Waals surface area contributed by atoms with Crippen LogP contribution >= 0.6 is 0 Å². The van der Waals surface area contributed by atoms with E-state index in [1.807, 2.05) is 47.4 Å². The first-order valence-electron chi connectivity index (χ1n) is 9.69. The van der Waals surface area contributed by atoms with Crippen molar-refractivity contribution in [3.8, 4) is 22.7 Å². The van der Waals surface area contributed by atoms with Gasteiger partial charge in [-0.05, 0) is 63.2 Å². The summed E-state index contributed by atoms with van der Waals surface area (Å²) in [5.74, 6) is 1.49. The molecule has 1 aliphatic heterocycles. The van der Waals surface area contributed by atoms with Gasteiger partial charge in [-0.25, -0.2) is 14.6 Å². The third-order valence-corrected chi connectivity index (χ3v) is 5.30. The van der Waals surface area contributed by atoms with E-state index in [2.05, 4.69) is 32.3 Å².